The van der Waals surface area contributed by atoms with Crippen LogP contribution in [0.5, 0.6) is 5.75 Å². The number of rotatable bonds is 7. The normalized spacial score (nSPS) is 11.6. The lowest BCUT2D eigenvalue weighted by molar-refractivity contribution is -0.305. The Labute approximate surface area is 150 Å². The molecule has 1 heterocycles. The van der Waals surface area contributed by atoms with Crippen molar-refractivity contribution in [3.8, 4) is 5.75 Å². The molecular formula is C20H18NO3S-. The number of thiazole rings is 1. The third-order valence-electron chi connectivity index (χ3n) is 3.72. The molecule has 0 atom stereocenters. The topological polar surface area (TPSA) is 62.2 Å². The van der Waals surface area contributed by atoms with Gasteiger partial charge < -0.3 is 14.6 Å². The molecule has 0 aliphatic heterocycles. The molecule has 0 fully saturated rings. The average Bonchev–Trinajstić information content (AvgIpc) is 3.04. The Hall–Kier alpha value is -2.66. The SMILES string of the molecule is CCOc1ccccc1/C=C(\CCC(=O)[O-])c1nc2ccccc2s1. The van der Waals surface area contributed by atoms with E-state index in [1.54, 1.807) is 11.3 Å². The highest BCUT2D eigenvalue weighted by molar-refractivity contribution is 7.19. The van der Waals surface area contributed by atoms with Gasteiger partial charge in [0.2, 0.25) is 0 Å². The summed E-state index contributed by atoms with van der Waals surface area (Å²) in [4.78, 5) is 15.6. The number of carboxylic acid groups (broad SMARTS) is 1. The summed E-state index contributed by atoms with van der Waals surface area (Å²) < 4.78 is 6.75. The second-order valence-corrected chi connectivity index (χ2v) is 6.53. The second kappa shape index (κ2) is 7.94. The van der Waals surface area contributed by atoms with Gasteiger partial charge in [0.1, 0.15) is 10.8 Å². The number of carbonyl (C=O) groups excluding carboxylic acids is 1. The van der Waals surface area contributed by atoms with Crippen molar-refractivity contribution in [2.75, 3.05) is 6.61 Å². The molecular weight excluding hydrogens is 334 g/mol. The van der Waals surface area contributed by atoms with Crippen molar-refractivity contribution in [1.29, 1.82) is 0 Å². The standard InChI is InChI=1S/C20H19NO3S/c1-2-24-17-9-5-3-7-14(17)13-15(11-12-19(22)23)20-21-16-8-4-6-10-18(16)25-20/h3-10,13H,2,11-12H2,1H3,(H,22,23)/p-1/b15-13+. The average molecular weight is 352 g/mol. The maximum Gasteiger partial charge on any atom is 0.126 e. The van der Waals surface area contributed by atoms with Crippen molar-refractivity contribution in [2.24, 2.45) is 0 Å². The Morgan fingerprint density at radius 2 is 1.92 bits per heavy atom. The van der Waals surface area contributed by atoms with Crippen LogP contribution in [0.1, 0.15) is 30.3 Å². The smallest absolute Gasteiger partial charge is 0.126 e. The van der Waals surface area contributed by atoms with E-state index in [2.05, 4.69) is 4.98 Å². The fourth-order valence-corrected chi connectivity index (χ4v) is 3.57. The maximum absolute atomic E-state index is 10.9. The molecule has 4 nitrogen and oxygen atoms in total. The van der Waals surface area contributed by atoms with Crippen LogP contribution in [0.25, 0.3) is 21.9 Å². The largest absolute Gasteiger partial charge is 0.550 e. The zero-order valence-corrected chi connectivity index (χ0v) is 14.7. The number of hydrogen-bond donors (Lipinski definition) is 0. The van der Waals surface area contributed by atoms with E-state index < -0.39 is 5.97 Å². The van der Waals surface area contributed by atoms with E-state index in [1.165, 1.54) is 0 Å². The molecule has 0 aliphatic carbocycles. The molecule has 0 spiro atoms. The van der Waals surface area contributed by atoms with Gasteiger partial charge in [-0.05, 0) is 49.6 Å². The van der Waals surface area contributed by atoms with Crippen LogP contribution in [0.3, 0.4) is 0 Å². The van der Waals surface area contributed by atoms with Crippen molar-refractivity contribution in [2.45, 2.75) is 19.8 Å². The molecule has 25 heavy (non-hydrogen) atoms. The first-order valence-electron chi connectivity index (χ1n) is 8.15. The first-order chi connectivity index (χ1) is 12.2. The van der Waals surface area contributed by atoms with Crippen LogP contribution in [0, 0.1) is 0 Å². The number of carboxylic acids is 1. The summed E-state index contributed by atoms with van der Waals surface area (Å²) in [6.07, 6.45) is 2.28. The zero-order chi connectivity index (χ0) is 17.6. The Balaban J connectivity index is 2.03. The Morgan fingerprint density at radius 1 is 1.16 bits per heavy atom. The molecule has 128 valence electrons. The van der Waals surface area contributed by atoms with E-state index in [4.69, 9.17) is 4.74 Å². The predicted octanol–water partition coefficient (Wildman–Crippen LogP) is 3.77. The monoisotopic (exact) mass is 352 g/mol. The molecule has 3 aromatic rings. The zero-order valence-electron chi connectivity index (χ0n) is 13.9. The second-order valence-electron chi connectivity index (χ2n) is 5.50. The van der Waals surface area contributed by atoms with Gasteiger partial charge in [0, 0.05) is 11.5 Å². The van der Waals surface area contributed by atoms with Crippen molar-refractivity contribution < 1.29 is 14.6 Å². The molecule has 0 saturated heterocycles. The fraction of sp³-hybridized carbons (Fsp3) is 0.200. The molecule has 0 aliphatic rings. The van der Waals surface area contributed by atoms with Crippen LogP contribution in [0.4, 0.5) is 0 Å². The van der Waals surface area contributed by atoms with E-state index in [0.29, 0.717) is 13.0 Å². The van der Waals surface area contributed by atoms with E-state index in [0.717, 1.165) is 32.1 Å². The van der Waals surface area contributed by atoms with Crippen LogP contribution in [-0.4, -0.2) is 17.6 Å². The number of allylic oxidation sites excluding steroid dienone is 1. The summed E-state index contributed by atoms with van der Waals surface area (Å²) in [5, 5.41) is 11.8. The first kappa shape index (κ1) is 17.2. The van der Waals surface area contributed by atoms with Gasteiger partial charge in [-0.2, -0.15) is 0 Å². The third-order valence-corrected chi connectivity index (χ3v) is 4.83. The van der Waals surface area contributed by atoms with Gasteiger partial charge >= 0.3 is 0 Å². The highest BCUT2D eigenvalue weighted by atomic mass is 32.1. The molecule has 0 amide bonds. The molecule has 5 heteroatoms. The lowest BCUT2D eigenvalue weighted by atomic mass is 10.1. The van der Waals surface area contributed by atoms with Gasteiger partial charge in [0.25, 0.3) is 0 Å². The summed E-state index contributed by atoms with van der Waals surface area (Å²) in [5.74, 6) is -0.290. The van der Waals surface area contributed by atoms with Gasteiger partial charge in [0.15, 0.2) is 0 Å². The summed E-state index contributed by atoms with van der Waals surface area (Å²) in [5.41, 5.74) is 2.70. The van der Waals surface area contributed by atoms with Crippen LogP contribution in [0.15, 0.2) is 48.5 Å². The van der Waals surface area contributed by atoms with Gasteiger partial charge in [-0.3, -0.25) is 0 Å². The van der Waals surface area contributed by atoms with E-state index in [-0.39, 0.29) is 6.42 Å². The van der Waals surface area contributed by atoms with Gasteiger partial charge in [-0.1, -0.05) is 30.3 Å². The lowest BCUT2D eigenvalue weighted by Gasteiger charge is -2.09. The van der Waals surface area contributed by atoms with Crippen LogP contribution in [-0.2, 0) is 4.79 Å². The Kier molecular flexibility index (Phi) is 5.46. The van der Waals surface area contributed by atoms with Crippen LogP contribution in [0.2, 0.25) is 0 Å². The summed E-state index contributed by atoms with van der Waals surface area (Å²) >= 11 is 1.56. The Morgan fingerprint density at radius 3 is 2.68 bits per heavy atom. The minimum atomic E-state index is -1.06. The van der Waals surface area contributed by atoms with Gasteiger partial charge in [-0.25, -0.2) is 4.98 Å². The maximum atomic E-state index is 10.9. The van der Waals surface area contributed by atoms with E-state index in [9.17, 15) is 9.90 Å². The molecule has 2 aromatic carbocycles. The summed E-state index contributed by atoms with van der Waals surface area (Å²) in [6, 6.07) is 15.6. The van der Waals surface area contributed by atoms with Gasteiger partial charge in [-0.15, -0.1) is 11.3 Å². The molecule has 0 bridgehead atoms. The Bertz CT molecular complexity index is 881. The highest BCUT2D eigenvalue weighted by Crippen LogP contribution is 2.32. The van der Waals surface area contributed by atoms with E-state index in [1.807, 2.05) is 61.5 Å². The number of ether oxygens (including phenoxy) is 1. The van der Waals surface area contributed by atoms with Crippen LogP contribution >= 0.6 is 11.3 Å². The van der Waals surface area contributed by atoms with Crippen LogP contribution < -0.4 is 9.84 Å². The molecule has 0 unspecified atom stereocenters. The molecule has 0 radical (unpaired) electrons. The minimum absolute atomic E-state index is 0.0431. The fourth-order valence-electron chi connectivity index (χ4n) is 2.56. The quantitative estimate of drug-likeness (QED) is 0.649. The predicted molar refractivity (Wildman–Crippen MR) is 99.3 cm³/mol. The third kappa shape index (κ3) is 4.25. The number of aromatic nitrogens is 1. The number of hydrogen-bond acceptors (Lipinski definition) is 5. The highest BCUT2D eigenvalue weighted by Gasteiger charge is 2.11. The number of aliphatic carboxylic acids is 1. The summed E-state index contributed by atoms with van der Waals surface area (Å²) in [6.45, 7) is 2.51. The van der Waals surface area contributed by atoms with Crippen molar-refractivity contribution in [1.82, 2.24) is 4.98 Å². The van der Waals surface area contributed by atoms with Gasteiger partial charge in [0.05, 0.1) is 16.8 Å². The lowest BCUT2D eigenvalue weighted by Crippen LogP contribution is -2.21. The van der Waals surface area contributed by atoms with Crippen molar-refractivity contribution in [3.63, 3.8) is 0 Å². The number of para-hydroxylation sites is 2. The number of carbonyl (C=O) groups is 1. The minimum Gasteiger partial charge on any atom is -0.550 e. The summed E-state index contributed by atoms with van der Waals surface area (Å²) in [7, 11) is 0. The molecule has 0 saturated carbocycles. The molecule has 0 N–H and O–H groups in total. The molecule has 1 aromatic heterocycles. The number of fused-ring (bicyclic) bond motifs is 1. The first-order valence-corrected chi connectivity index (χ1v) is 8.97. The number of benzene rings is 2. The van der Waals surface area contributed by atoms with Crippen molar-refractivity contribution in [3.05, 3.63) is 59.1 Å². The van der Waals surface area contributed by atoms with E-state index >= 15 is 0 Å². The number of nitrogens with zero attached hydrogens (tertiary/aromatic N) is 1. The molecule has 3 rings (SSSR count). The van der Waals surface area contributed by atoms with Crippen molar-refractivity contribution >= 4 is 39.2 Å².